The summed E-state index contributed by atoms with van der Waals surface area (Å²) in [5, 5.41) is 6.54. The molecule has 2 aromatic rings. The highest BCUT2D eigenvalue weighted by atomic mass is 16.2. The summed E-state index contributed by atoms with van der Waals surface area (Å²) in [4.78, 5) is 25.8. The van der Waals surface area contributed by atoms with Crippen LogP contribution >= 0.6 is 0 Å². The number of rotatable bonds is 4. The third-order valence-corrected chi connectivity index (χ3v) is 7.51. The second-order valence-corrected chi connectivity index (χ2v) is 8.97. The van der Waals surface area contributed by atoms with Crippen LogP contribution in [0.15, 0.2) is 60.7 Å². The van der Waals surface area contributed by atoms with Gasteiger partial charge in [-0.05, 0) is 53.9 Å². The van der Waals surface area contributed by atoms with Crippen molar-refractivity contribution in [2.24, 2.45) is 16.7 Å². The van der Waals surface area contributed by atoms with Gasteiger partial charge in [0.2, 0.25) is 0 Å². The number of carbonyl (C=O) groups excluding carboxylic acids is 2. The summed E-state index contributed by atoms with van der Waals surface area (Å²) in [6.45, 7) is 6.82. The van der Waals surface area contributed by atoms with E-state index in [-0.39, 0.29) is 34.7 Å². The van der Waals surface area contributed by atoms with Gasteiger partial charge in [-0.15, -0.1) is 0 Å². The van der Waals surface area contributed by atoms with Crippen molar-refractivity contribution < 1.29 is 9.59 Å². The van der Waals surface area contributed by atoms with Gasteiger partial charge < -0.3 is 10.6 Å². The Balaban J connectivity index is 1.62. The van der Waals surface area contributed by atoms with Gasteiger partial charge in [0.15, 0.2) is 0 Å². The van der Waals surface area contributed by atoms with E-state index in [4.69, 9.17) is 0 Å². The fraction of sp³-hybridized carbons (Fsp3) is 0.417. The topological polar surface area (TPSA) is 58.2 Å². The van der Waals surface area contributed by atoms with Crippen molar-refractivity contribution in [2.45, 2.75) is 45.7 Å². The second-order valence-electron chi connectivity index (χ2n) is 8.97. The lowest BCUT2D eigenvalue weighted by atomic mass is 9.69. The molecule has 2 bridgehead atoms. The Morgan fingerprint density at radius 3 is 1.86 bits per heavy atom. The highest BCUT2D eigenvalue weighted by Gasteiger charge is 2.66. The van der Waals surface area contributed by atoms with E-state index in [0.717, 1.165) is 12.8 Å². The van der Waals surface area contributed by atoms with Gasteiger partial charge in [0, 0.05) is 11.1 Å². The Labute approximate surface area is 166 Å². The average molecular weight is 377 g/mol. The molecule has 2 aliphatic rings. The molecule has 0 saturated heterocycles. The summed E-state index contributed by atoms with van der Waals surface area (Å²) in [6.07, 6.45) is 2.13. The van der Waals surface area contributed by atoms with Crippen LogP contribution in [-0.4, -0.2) is 23.9 Å². The van der Waals surface area contributed by atoms with E-state index in [2.05, 4.69) is 31.4 Å². The summed E-state index contributed by atoms with van der Waals surface area (Å²) in [5.74, 6) is 0.192. The molecule has 4 nitrogen and oxygen atoms in total. The zero-order chi connectivity index (χ0) is 19.9. The summed E-state index contributed by atoms with van der Waals surface area (Å²) < 4.78 is 0. The van der Waals surface area contributed by atoms with E-state index in [1.54, 1.807) is 0 Å². The maximum absolute atomic E-state index is 12.9. The zero-order valence-corrected chi connectivity index (χ0v) is 16.7. The zero-order valence-electron chi connectivity index (χ0n) is 16.7. The molecule has 4 heteroatoms. The first-order valence-corrected chi connectivity index (χ1v) is 10.1. The predicted molar refractivity (Wildman–Crippen MR) is 110 cm³/mol. The van der Waals surface area contributed by atoms with Crippen molar-refractivity contribution in [1.29, 1.82) is 0 Å². The van der Waals surface area contributed by atoms with Gasteiger partial charge in [-0.1, -0.05) is 57.2 Å². The van der Waals surface area contributed by atoms with Crippen LogP contribution in [0, 0.1) is 16.7 Å². The van der Waals surface area contributed by atoms with E-state index in [1.807, 2.05) is 60.7 Å². The summed E-state index contributed by atoms with van der Waals surface area (Å²) in [5.41, 5.74) is 1.29. The molecule has 2 aromatic carbocycles. The van der Waals surface area contributed by atoms with Gasteiger partial charge in [-0.25, -0.2) is 0 Å². The molecule has 2 N–H and O–H groups in total. The largest absolute Gasteiger partial charge is 0.347 e. The molecule has 2 aliphatic carbocycles. The Morgan fingerprint density at radius 2 is 1.32 bits per heavy atom. The lowest BCUT2D eigenvalue weighted by molar-refractivity contribution is 0.0781. The van der Waals surface area contributed by atoms with E-state index < -0.39 is 0 Å². The van der Waals surface area contributed by atoms with Crippen LogP contribution in [-0.2, 0) is 0 Å². The molecule has 2 amide bonds. The Morgan fingerprint density at radius 1 is 0.821 bits per heavy atom. The molecule has 2 saturated carbocycles. The van der Waals surface area contributed by atoms with E-state index in [0.29, 0.717) is 17.0 Å². The van der Waals surface area contributed by atoms with Crippen LogP contribution in [0.4, 0.5) is 0 Å². The first kappa shape index (κ1) is 18.7. The highest BCUT2D eigenvalue weighted by Crippen LogP contribution is 2.65. The number of hydrogen-bond donors (Lipinski definition) is 2. The van der Waals surface area contributed by atoms with Crippen molar-refractivity contribution in [2.75, 3.05) is 0 Å². The monoisotopic (exact) mass is 376 g/mol. The molecule has 0 radical (unpaired) electrons. The van der Waals surface area contributed by atoms with Crippen molar-refractivity contribution >= 4 is 11.8 Å². The minimum absolute atomic E-state index is 0.0380. The average Bonchev–Trinajstić information content (AvgIpc) is 3.02. The maximum Gasteiger partial charge on any atom is 0.251 e. The standard InChI is InChI=1S/C24H28N2O2/c1-23(2)18-14-15-24(23,3)20(26-22(28)17-12-8-5-9-13-17)19(18)25-21(27)16-10-6-4-7-11-16/h4-13,18-20H,14-15H2,1-3H3,(H,25,27)(H,26,28)/t18-,19-,20-,24+/m1/s1. The Kier molecular flexibility index (Phi) is 4.53. The van der Waals surface area contributed by atoms with Crippen LogP contribution in [0.2, 0.25) is 0 Å². The minimum Gasteiger partial charge on any atom is -0.347 e. The smallest absolute Gasteiger partial charge is 0.251 e. The van der Waals surface area contributed by atoms with Gasteiger partial charge in [-0.2, -0.15) is 0 Å². The van der Waals surface area contributed by atoms with Crippen LogP contribution in [0.1, 0.15) is 54.3 Å². The molecule has 0 aliphatic heterocycles. The first-order chi connectivity index (χ1) is 13.3. The SMILES string of the molecule is CC1(C)[C@@H]2CC[C@@]1(C)[C@H](NC(=O)c1ccccc1)[C@@H]2NC(=O)c1ccccc1. The molecular formula is C24H28N2O2. The van der Waals surface area contributed by atoms with Gasteiger partial charge in [0.1, 0.15) is 0 Å². The van der Waals surface area contributed by atoms with Gasteiger partial charge >= 0.3 is 0 Å². The van der Waals surface area contributed by atoms with Crippen LogP contribution in [0.25, 0.3) is 0 Å². The van der Waals surface area contributed by atoms with Crippen molar-refractivity contribution in [3.8, 4) is 0 Å². The summed E-state index contributed by atoms with van der Waals surface area (Å²) in [6, 6.07) is 18.4. The number of nitrogens with one attached hydrogen (secondary N) is 2. The summed E-state index contributed by atoms with van der Waals surface area (Å²) in [7, 11) is 0. The fourth-order valence-corrected chi connectivity index (χ4v) is 5.45. The van der Waals surface area contributed by atoms with E-state index in [1.165, 1.54) is 0 Å². The van der Waals surface area contributed by atoms with Crippen molar-refractivity contribution in [3.63, 3.8) is 0 Å². The predicted octanol–water partition coefficient (Wildman–Crippen LogP) is 4.04. The molecule has 0 aromatic heterocycles. The van der Waals surface area contributed by atoms with Gasteiger partial charge in [-0.3, -0.25) is 9.59 Å². The molecular weight excluding hydrogens is 348 g/mol. The molecule has 4 atom stereocenters. The van der Waals surface area contributed by atoms with E-state index in [9.17, 15) is 9.59 Å². The van der Waals surface area contributed by atoms with Crippen LogP contribution < -0.4 is 10.6 Å². The second kappa shape index (κ2) is 6.77. The Hall–Kier alpha value is -2.62. The molecule has 4 rings (SSSR count). The van der Waals surface area contributed by atoms with Crippen LogP contribution in [0.5, 0.6) is 0 Å². The molecule has 0 heterocycles. The van der Waals surface area contributed by atoms with Crippen LogP contribution in [0.3, 0.4) is 0 Å². The number of carbonyl (C=O) groups is 2. The third-order valence-electron chi connectivity index (χ3n) is 7.51. The number of amides is 2. The lowest BCUT2D eigenvalue weighted by Crippen LogP contribution is -2.57. The normalized spacial score (nSPS) is 30.0. The number of hydrogen-bond acceptors (Lipinski definition) is 2. The molecule has 2 fully saturated rings. The highest BCUT2D eigenvalue weighted by molar-refractivity contribution is 5.95. The van der Waals surface area contributed by atoms with Gasteiger partial charge in [0.05, 0.1) is 12.1 Å². The van der Waals surface area contributed by atoms with Crippen molar-refractivity contribution in [3.05, 3.63) is 71.8 Å². The molecule has 28 heavy (non-hydrogen) atoms. The minimum atomic E-state index is -0.0957. The first-order valence-electron chi connectivity index (χ1n) is 10.1. The van der Waals surface area contributed by atoms with Gasteiger partial charge in [0.25, 0.3) is 11.8 Å². The summed E-state index contributed by atoms with van der Waals surface area (Å²) >= 11 is 0. The van der Waals surface area contributed by atoms with Crippen molar-refractivity contribution in [1.82, 2.24) is 10.6 Å². The molecule has 0 unspecified atom stereocenters. The lowest BCUT2D eigenvalue weighted by Gasteiger charge is -2.40. The van der Waals surface area contributed by atoms with E-state index >= 15 is 0 Å². The number of benzene rings is 2. The number of fused-ring (bicyclic) bond motifs is 2. The quantitative estimate of drug-likeness (QED) is 0.846. The molecule has 146 valence electrons. The molecule has 0 spiro atoms. The maximum atomic E-state index is 12.9. The fourth-order valence-electron chi connectivity index (χ4n) is 5.45. The third kappa shape index (κ3) is 2.83. The Bertz CT molecular complexity index is 878.